The molecule has 0 aliphatic heterocycles. The number of allylic oxidation sites excluding steroid dienone is 1. The Bertz CT molecular complexity index is 718. The first kappa shape index (κ1) is 17.2. The molecule has 0 heterocycles. The van der Waals surface area contributed by atoms with E-state index in [1.54, 1.807) is 13.2 Å². The Kier molecular flexibility index (Phi) is 5.89. The van der Waals surface area contributed by atoms with Crippen molar-refractivity contribution in [2.24, 2.45) is 0 Å². The van der Waals surface area contributed by atoms with E-state index in [4.69, 9.17) is 16.3 Å². The standard InChI is InChI=1S/C20H21ClO2/c1-14(2)9-12-17-18(22)13-16(19(21)20(17)23-3)11-10-15-7-5-4-6-8-15/h4-8,10-11,13,22H,1,9,12H2,2-3H3. The molecule has 0 unspecified atom stereocenters. The van der Waals surface area contributed by atoms with Gasteiger partial charge in [-0.05, 0) is 31.4 Å². The maximum atomic E-state index is 10.3. The van der Waals surface area contributed by atoms with Gasteiger partial charge in [-0.25, -0.2) is 0 Å². The third-order valence-electron chi connectivity index (χ3n) is 3.59. The van der Waals surface area contributed by atoms with Gasteiger partial charge in [-0.2, -0.15) is 0 Å². The highest BCUT2D eigenvalue weighted by molar-refractivity contribution is 6.33. The van der Waals surface area contributed by atoms with Gasteiger partial charge in [0.1, 0.15) is 11.5 Å². The second-order valence-corrected chi connectivity index (χ2v) is 5.89. The van der Waals surface area contributed by atoms with Crippen molar-refractivity contribution in [1.29, 1.82) is 0 Å². The molecule has 3 heteroatoms. The highest BCUT2D eigenvalue weighted by Gasteiger charge is 2.16. The van der Waals surface area contributed by atoms with Crippen LogP contribution in [0.3, 0.4) is 0 Å². The molecular formula is C20H21ClO2. The lowest BCUT2D eigenvalue weighted by atomic mass is 10.0. The van der Waals surface area contributed by atoms with Gasteiger partial charge in [0, 0.05) is 11.1 Å². The smallest absolute Gasteiger partial charge is 0.144 e. The summed E-state index contributed by atoms with van der Waals surface area (Å²) in [6.45, 7) is 5.85. The second kappa shape index (κ2) is 7.89. The zero-order chi connectivity index (χ0) is 16.8. The van der Waals surface area contributed by atoms with Gasteiger partial charge in [-0.15, -0.1) is 6.58 Å². The van der Waals surface area contributed by atoms with Crippen LogP contribution in [0.5, 0.6) is 11.5 Å². The molecule has 0 atom stereocenters. The van der Waals surface area contributed by atoms with E-state index in [9.17, 15) is 5.11 Å². The van der Waals surface area contributed by atoms with Crippen LogP contribution in [0.2, 0.25) is 5.02 Å². The van der Waals surface area contributed by atoms with Gasteiger partial charge in [0.2, 0.25) is 0 Å². The lowest BCUT2D eigenvalue weighted by molar-refractivity contribution is 0.399. The molecule has 0 fully saturated rings. The number of ether oxygens (including phenoxy) is 1. The zero-order valence-electron chi connectivity index (χ0n) is 13.5. The van der Waals surface area contributed by atoms with E-state index in [2.05, 4.69) is 6.58 Å². The summed E-state index contributed by atoms with van der Waals surface area (Å²) in [4.78, 5) is 0. The first-order valence-electron chi connectivity index (χ1n) is 7.48. The van der Waals surface area contributed by atoms with E-state index in [1.165, 1.54) is 0 Å². The minimum Gasteiger partial charge on any atom is -0.508 e. The van der Waals surface area contributed by atoms with E-state index in [1.807, 2.05) is 49.4 Å². The monoisotopic (exact) mass is 328 g/mol. The van der Waals surface area contributed by atoms with E-state index in [-0.39, 0.29) is 5.75 Å². The van der Waals surface area contributed by atoms with Crippen LogP contribution in [0.4, 0.5) is 0 Å². The summed E-state index contributed by atoms with van der Waals surface area (Å²) in [5.41, 5.74) is 3.56. The van der Waals surface area contributed by atoms with Crippen molar-refractivity contribution in [2.75, 3.05) is 7.11 Å². The van der Waals surface area contributed by atoms with Gasteiger partial charge < -0.3 is 9.84 Å². The van der Waals surface area contributed by atoms with Crippen molar-refractivity contribution < 1.29 is 9.84 Å². The summed E-state index contributed by atoms with van der Waals surface area (Å²) < 4.78 is 5.43. The molecule has 2 aromatic rings. The normalized spacial score (nSPS) is 10.9. The van der Waals surface area contributed by atoms with Crippen molar-refractivity contribution in [3.8, 4) is 11.5 Å². The summed E-state index contributed by atoms with van der Waals surface area (Å²) in [5.74, 6) is 0.723. The third-order valence-corrected chi connectivity index (χ3v) is 3.98. The molecule has 0 radical (unpaired) electrons. The predicted octanol–water partition coefficient (Wildman–Crippen LogP) is 5.73. The number of hydrogen-bond acceptors (Lipinski definition) is 2. The minimum absolute atomic E-state index is 0.195. The molecule has 0 aliphatic carbocycles. The molecule has 2 nitrogen and oxygen atoms in total. The second-order valence-electron chi connectivity index (χ2n) is 5.51. The van der Waals surface area contributed by atoms with Crippen molar-refractivity contribution in [2.45, 2.75) is 19.8 Å². The van der Waals surface area contributed by atoms with E-state index < -0.39 is 0 Å². The fraction of sp³-hybridized carbons (Fsp3) is 0.200. The maximum Gasteiger partial charge on any atom is 0.144 e. The Morgan fingerprint density at radius 3 is 2.57 bits per heavy atom. The lowest BCUT2D eigenvalue weighted by Crippen LogP contribution is -1.96. The first-order valence-corrected chi connectivity index (χ1v) is 7.86. The molecule has 0 aromatic heterocycles. The highest BCUT2D eigenvalue weighted by atomic mass is 35.5. The Morgan fingerprint density at radius 1 is 1.26 bits per heavy atom. The van der Waals surface area contributed by atoms with Crippen molar-refractivity contribution in [1.82, 2.24) is 0 Å². The highest BCUT2D eigenvalue weighted by Crippen LogP contribution is 2.39. The fourth-order valence-electron chi connectivity index (χ4n) is 2.34. The van der Waals surface area contributed by atoms with E-state index in [0.29, 0.717) is 17.2 Å². The Labute approximate surface area is 142 Å². The van der Waals surface area contributed by atoms with Crippen molar-refractivity contribution >= 4 is 23.8 Å². The molecule has 0 amide bonds. The number of methoxy groups -OCH3 is 1. The number of hydrogen-bond donors (Lipinski definition) is 1. The SMILES string of the molecule is C=C(C)CCc1c(O)cc(C=Cc2ccccc2)c(Cl)c1OC. The number of benzene rings is 2. The zero-order valence-corrected chi connectivity index (χ0v) is 14.2. The van der Waals surface area contributed by atoms with Crippen LogP contribution in [0.1, 0.15) is 30.0 Å². The molecular weight excluding hydrogens is 308 g/mol. The molecule has 2 aromatic carbocycles. The lowest BCUT2D eigenvalue weighted by Gasteiger charge is -2.14. The van der Waals surface area contributed by atoms with E-state index >= 15 is 0 Å². The van der Waals surface area contributed by atoms with Gasteiger partial charge >= 0.3 is 0 Å². The number of aromatic hydroxyl groups is 1. The van der Waals surface area contributed by atoms with Crippen LogP contribution in [0.15, 0.2) is 48.6 Å². The fourth-order valence-corrected chi connectivity index (χ4v) is 2.65. The van der Waals surface area contributed by atoms with Gasteiger partial charge in [-0.1, -0.05) is 59.7 Å². The average Bonchev–Trinajstić information content (AvgIpc) is 2.54. The molecule has 120 valence electrons. The van der Waals surface area contributed by atoms with Crippen LogP contribution in [-0.2, 0) is 6.42 Å². The topological polar surface area (TPSA) is 29.5 Å². The van der Waals surface area contributed by atoms with Crippen molar-refractivity contribution in [3.05, 3.63) is 70.3 Å². The van der Waals surface area contributed by atoms with Crippen LogP contribution >= 0.6 is 11.6 Å². The van der Waals surface area contributed by atoms with Crippen molar-refractivity contribution in [3.63, 3.8) is 0 Å². The Morgan fingerprint density at radius 2 is 1.96 bits per heavy atom. The molecule has 1 N–H and O–H groups in total. The number of phenolic OH excluding ortho intramolecular Hbond substituents is 1. The quantitative estimate of drug-likeness (QED) is 0.541. The summed E-state index contributed by atoms with van der Waals surface area (Å²) in [6, 6.07) is 11.6. The molecule has 0 saturated carbocycles. The van der Waals surface area contributed by atoms with Gasteiger partial charge in [0.05, 0.1) is 12.1 Å². The van der Waals surface area contributed by atoms with Gasteiger partial charge in [0.25, 0.3) is 0 Å². The van der Waals surface area contributed by atoms with E-state index in [0.717, 1.165) is 28.7 Å². The predicted molar refractivity (Wildman–Crippen MR) is 98.2 cm³/mol. The third kappa shape index (κ3) is 4.40. The van der Waals surface area contributed by atoms with Crippen LogP contribution in [0.25, 0.3) is 12.2 Å². The number of rotatable bonds is 6. The van der Waals surface area contributed by atoms with Crippen LogP contribution in [0, 0.1) is 0 Å². The minimum atomic E-state index is 0.195. The first-order chi connectivity index (χ1) is 11.0. The summed E-state index contributed by atoms with van der Waals surface area (Å²) in [7, 11) is 1.57. The molecule has 0 aliphatic rings. The molecule has 2 rings (SSSR count). The molecule has 0 saturated heterocycles. The number of phenols is 1. The average molecular weight is 329 g/mol. The molecule has 0 bridgehead atoms. The Balaban J connectivity index is 2.37. The Hall–Kier alpha value is -2.19. The summed E-state index contributed by atoms with van der Waals surface area (Å²) in [6.07, 6.45) is 5.25. The van der Waals surface area contributed by atoms with Crippen LogP contribution in [-0.4, -0.2) is 12.2 Å². The van der Waals surface area contributed by atoms with Gasteiger partial charge in [-0.3, -0.25) is 0 Å². The summed E-state index contributed by atoms with van der Waals surface area (Å²) >= 11 is 6.46. The molecule has 23 heavy (non-hydrogen) atoms. The van der Waals surface area contributed by atoms with Gasteiger partial charge in [0.15, 0.2) is 0 Å². The number of halogens is 1. The maximum absolute atomic E-state index is 10.3. The largest absolute Gasteiger partial charge is 0.508 e. The molecule has 0 spiro atoms. The van der Waals surface area contributed by atoms with Crippen LogP contribution < -0.4 is 4.74 Å². The summed E-state index contributed by atoms with van der Waals surface area (Å²) in [5, 5.41) is 10.8.